The normalized spacial score (nSPS) is 20.2. The fraction of sp³-hybridized carbons (Fsp3) is 0.222. The highest BCUT2D eigenvalue weighted by atomic mass is 35.5. The maximum atomic E-state index is 12.2. The molecule has 0 amide bonds. The zero-order valence-corrected chi connectivity index (χ0v) is 13.1. The van der Waals surface area contributed by atoms with E-state index in [0.717, 1.165) is 28.9 Å². The number of fused-ring (bicyclic) bond motifs is 1. The van der Waals surface area contributed by atoms with Crippen molar-refractivity contribution in [3.63, 3.8) is 0 Å². The molecular weight excluding hydrogens is 312 g/mol. The molecule has 0 N–H and O–H groups in total. The monoisotopic (exact) mass is 326 g/mol. The van der Waals surface area contributed by atoms with Gasteiger partial charge in [-0.05, 0) is 42.5 Å². The van der Waals surface area contributed by atoms with Gasteiger partial charge in [0.15, 0.2) is 0 Å². The van der Waals surface area contributed by atoms with Gasteiger partial charge in [-0.2, -0.15) is 0 Å². The molecule has 3 aromatic rings. The molecule has 1 aromatic carbocycles. The Bertz CT molecular complexity index is 868. The minimum Gasteiger partial charge on any atom is -0.459 e. The van der Waals surface area contributed by atoms with Gasteiger partial charge in [0.05, 0.1) is 23.6 Å². The third kappa shape index (κ3) is 2.70. The number of pyridine rings is 1. The molecule has 2 aromatic heterocycles. The smallest absolute Gasteiger partial charge is 0.339 e. The van der Waals surface area contributed by atoms with E-state index in [2.05, 4.69) is 4.98 Å². The van der Waals surface area contributed by atoms with Crippen molar-refractivity contribution in [1.82, 2.24) is 9.38 Å². The lowest BCUT2D eigenvalue weighted by molar-refractivity contribution is 0.00206. The molecule has 1 aliphatic rings. The average Bonchev–Trinajstić information content (AvgIpc) is 2.98. The number of rotatable bonds is 3. The Labute approximate surface area is 138 Å². The van der Waals surface area contributed by atoms with E-state index in [0.29, 0.717) is 11.5 Å². The summed E-state index contributed by atoms with van der Waals surface area (Å²) in [7, 11) is 0. The molecule has 0 spiro atoms. The fourth-order valence-corrected chi connectivity index (χ4v) is 3.27. The van der Waals surface area contributed by atoms with Gasteiger partial charge < -0.3 is 9.14 Å². The van der Waals surface area contributed by atoms with Crippen molar-refractivity contribution >= 4 is 23.1 Å². The molecule has 4 nitrogen and oxygen atoms in total. The average molecular weight is 327 g/mol. The summed E-state index contributed by atoms with van der Waals surface area (Å²) < 4.78 is 7.38. The second kappa shape index (κ2) is 5.70. The van der Waals surface area contributed by atoms with E-state index in [1.54, 1.807) is 24.8 Å². The first-order valence-corrected chi connectivity index (χ1v) is 7.95. The number of carbonyl (C=O) groups is 1. The van der Waals surface area contributed by atoms with Crippen LogP contribution < -0.4 is 0 Å². The van der Waals surface area contributed by atoms with E-state index in [1.165, 1.54) is 0 Å². The first-order chi connectivity index (χ1) is 11.2. The first kappa shape index (κ1) is 14.3. The van der Waals surface area contributed by atoms with Crippen LogP contribution in [0, 0.1) is 0 Å². The Balaban J connectivity index is 1.40. The van der Waals surface area contributed by atoms with Crippen LogP contribution in [0.4, 0.5) is 0 Å². The lowest BCUT2D eigenvalue weighted by Gasteiger charge is -2.35. The third-order valence-electron chi connectivity index (χ3n) is 4.36. The first-order valence-electron chi connectivity index (χ1n) is 7.58. The summed E-state index contributed by atoms with van der Waals surface area (Å²) in [5, 5.41) is 0.785. The van der Waals surface area contributed by atoms with Gasteiger partial charge >= 0.3 is 5.97 Å². The number of ether oxygens (including phenoxy) is 1. The summed E-state index contributed by atoms with van der Waals surface area (Å²) >= 11 is 6.21. The Hall–Kier alpha value is -2.33. The van der Waals surface area contributed by atoms with Gasteiger partial charge in [0.1, 0.15) is 6.10 Å². The second-order valence-corrected chi connectivity index (χ2v) is 6.27. The lowest BCUT2D eigenvalue weighted by Crippen LogP contribution is -2.32. The van der Waals surface area contributed by atoms with Gasteiger partial charge in [-0.25, -0.2) is 9.78 Å². The Morgan fingerprint density at radius 3 is 2.87 bits per heavy atom. The molecule has 4 rings (SSSR count). The summed E-state index contributed by atoms with van der Waals surface area (Å²) in [6, 6.07) is 11.5. The minimum atomic E-state index is -0.289. The van der Waals surface area contributed by atoms with Gasteiger partial charge in [-0.3, -0.25) is 0 Å². The van der Waals surface area contributed by atoms with Crippen LogP contribution in [-0.2, 0) is 4.74 Å². The number of aromatic nitrogens is 2. The van der Waals surface area contributed by atoms with E-state index in [-0.39, 0.29) is 12.1 Å². The van der Waals surface area contributed by atoms with E-state index in [4.69, 9.17) is 16.3 Å². The molecule has 23 heavy (non-hydrogen) atoms. The molecule has 1 saturated carbocycles. The van der Waals surface area contributed by atoms with Crippen LogP contribution >= 0.6 is 11.6 Å². The molecule has 0 saturated heterocycles. The number of imidazole rings is 1. The zero-order valence-electron chi connectivity index (χ0n) is 12.4. The molecule has 0 unspecified atom stereocenters. The van der Waals surface area contributed by atoms with Crippen molar-refractivity contribution in [2.45, 2.75) is 24.9 Å². The summed E-state index contributed by atoms with van der Waals surface area (Å²) in [5.74, 6) is 0.0841. The highest BCUT2D eigenvalue weighted by molar-refractivity contribution is 6.31. The molecule has 0 bridgehead atoms. The maximum absolute atomic E-state index is 12.2. The predicted molar refractivity (Wildman–Crippen MR) is 87.8 cm³/mol. The molecule has 5 heteroatoms. The molecular formula is C18H15ClN2O2. The largest absolute Gasteiger partial charge is 0.459 e. The Kier molecular flexibility index (Phi) is 3.54. The zero-order chi connectivity index (χ0) is 15.8. The Morgan fingerprint density at radius 2 is 2.04 bits per heavy atom. The van der Waals surface area contributed by atoms with Gasteiger partial charge in [-0.1, -0.05) is 29.8 Å². The molecule has 0 radical (unpaired) electrons. The van der Waals surface area contributed by atoms with E-state index >= 15 is 0 Å². The SMILES string of the molecule is O=C(OC1CC(c2ccccc2Cl)C1)c1ccc2cncn2c1. The van der Waals surface area contributed by atoms with Gasteiger partial charge in [0.25, 0.3) is 0 Å². The number of halogens is 1. The third-order valence-corrected chi connectivity index (χ3v) is 4.70. The van der Waals surface area contributed by atoms with Crippen LogP contribution in [0.2, 0.25) is 5.02 Å². The number of nitrogens with zero attached hydrogens (tertiary/aromatic N) is 2. The Morgan fingerprint density at radius 1 is 1.22 bits per heavy atom. The molecule has 0 aliphatic heterocycles. The quantitative estimate of drug-likeness (QED) is 0.681. The van der Waals surface area contributed by atoms with Crippen LogP contribution in [0.3, 0.4) is 0 Å². The van der Waals surface area contributed by atoms with Gasteiger partial charge in [0, 0.05) is 11.2 Å². The topological polar surface area (TPSA) is 43.6 Å². The summed E-state index contributed by atoms with van der Waals surface area (Å²) in [4.78, 5) is 16.3. The predicted octanol–water partition coefficient (Wildman–Crippen LogP) is 4.09. The molecule has 116 valence electrons. The number of esters is 1. The highest BCUT2D eigenvalue weighted by Gasteiger charge is 2.34. The summed E-state index contributed by atoms with van der Waals surface area (Å²) in [6.45, 7) is 0. The number of hydrogen-bond donors (Lipinski definition) is 0. The molecule has 1 aliphatic carbocycles. The van der Waals surface area contributed by atoms with Crippen molar-refractivity contribution in [1.29, 1.82) is 0 Å². The van der Waals surface area contributed by atoms with Crippen molar-refractivity contribution < 1.29 is 9.53 Å². The summed E-state index contributed by atoms with van der Waals surface area (Å²) in [6.07, 6.45) is 6.76. The standard InChI is InChI=1S/C18H15ClN2O2/c19-17-4-2-1-3-16(17)13-7-15(8-13)23-18(22)12-5-6-14-9-20-11-21(14)10-12/h1-6,9-11,13,15H,7-8H2. The molecule has 0 atom stereocenters. The maximum Gasteiger partial charge on any atom is 0.339 e. The van der Waals surface area contributed by atoms with Crippen LogP contribution in [0.25, 0.3) is 5.52 Å². The number of carbonyl (C=O) groups excluding carboxylic acids is 1. The van der Waals surface area contributed by atoms with Crippen molar-refractivity contribution in [2.24, 2.45) is 0 Å². The van der Waals surface area contributed by atoms with Crippen molar-refractivity contribution in [3.8, 4) is 0 Å². The second-order valence-electron chi connectivity index (χ2n) is 5.86. The molecule has 2 heterocycles. The fourth-order valence-electron chi connectivity index (χ4n) is 2.98. The number of benzene rings is 1. The van der Waals surface area contributed by atoms with Gasteiger partial charge in [-0.15, -0.1) is 0 Å². The van der Waals surface area contributed by atoms with Gasteiger partial charge in [0.2, 0.25) is 0 Å². The summed E-state index contributed by atoms with van der Waals surface area (Å²) in [5.41, 5.74) is 2.63. The number of hydrogen-bond acceptors (Lipinski definition) is 3. The van der Waals surface area contributed by atoms with E-state index < -0.39 is 0 Å². The lowest BCUT2D eigenvalue weighted by atomic mass is 9.77. The van der Waals surface area contributed by atoms with E-state index in [1.807, 2.05) is 34.7 Å². The van der Waals surface area contributed by atoms with Crippen molar-refractivity contribution in [2.75, 3.05) is 0 Å². The van der Waals surface area contributed by atoms with Crippen LogP contribution in [-0.4, -0.2) is 21.5 Å². The minimum absolute atomic E-state index is 0.0396. The highest BCUT2D eigenvalue weighted by Crippen LogP contribution is 2.41. The van der Waals surface area contributed by atoms with Crippen LogP contribution in [0.15, 0.2) is 55.1 Å². The van der Waals surface area contributed by atoms with Crippen LogP contribution in [0.5, 0.6) is 0 Å². The van der Waals surface area contributed by atoms with E-state index in [9.17, 15) is 4.79 Å². The molecule has 1 fully saturated rings. The van der Waals surface area contributed by atoms with Crippen molar-refractivity contribution in [3.05, 3.63) is 71.3 Å². The van der Waals surface area contributed by atoms with Crippen LogP contribution in [0.1, 0.15) is 34.7 Å².